The number of furan rings is 1. The standard InChI is InChI=1S/C16H21FN2O/c1-3-8-18-11-13-7-9-20-16(13)12-19(2)15-6-4-5-14(17)10-15/h4-7,9-10,18H,3,8,11-12H2,1-2H3. The molecule has 0 spiro atoms. The molecule has 108 valence electrons. The normalized spacial score (nSPS) is 10.8. The minimum absolute atomic E-state index is 0.223. The van der Waals surface area contributed by atoms with Gasteiger partial charge in [0.05, 0.1) is 12.8 Å². The van der Waals surface area contributed by atoms with E-state index in [-0.39, 0.29) is 5.82 Å². The third kappa shape index (κ3) is 3.84. The van der Waals surface area contributed by atoms with Gasteiger partial charge >= 0.3 is 0 Å². The van der Waals surface area contributed by atoms with Gasteiger partial charge in [0, 0.05) is 24.8 Å². The van der Waals surface area contributed by atoms with Crippen LogP contribution in [0.5, 0.6) is 0 Å². The number of nitrogens with zero attached hydrogens (tertiary/aromatic N) is 1. The summed E-state index contributed by atoms with van der Waals surface area (Å²) in [6.45, 7) is 4.56. The van der Waals surface area contributed by atoms with Crippen molar-refractivity contribution in [1.82, 2.24) is 5.32 Å². The molecule has 0 aliphatic carbocycles. The SMILES string of the molecule is CCCNCc1ccoc1CN(C)c1cccc(F)c1. The van der Waals surface area contributed by atoms with Gasteiger partial charge in [-0.05, 0) is 37.2 Å². The van der Waals surface area contributed by atoms with Crippen molar-refractivity contribution in [3.05, 3.63) is 53.7 Å². The Morgan fingerprint density at radius 3 is 2.90 bits per heavy atom. The molecule has 1 heterocycles. The molecule has 1 N–H and O–H groups in total. The molecule has 0 unspecified atom stereocenters. The Balaban J connectivity index is 2.01. The van der Waals surface area contributed by atoms with Gasteiger partial charge in [-0.1, -0.05) is 13.0 Å². The Morgan fingerprint density at radius 1 is 1.30 bits per heavy atom. The summed E-state index contributed by atoms with van der Waals surface area (Å²) in [5.74, 6) is 0.694. The highest BCUT2D eigenvalue weighted by Gasteiger charge is 2.10. The van der Waals surface area contributed by atoms with E-state index in [1.165, 1.54) is 12.1 Å². The maximum atomic E-state index is 13.2. The van der Waals surface area contributed by atoms with E-state index < -0.39 is 0 Å². The van der Waals surface area contributed by atoms with Crippen LogP contribution in [0.3, 0.4) is 0 Å². The first kappa shape index (κ1) is 14.6. The van der Waals surface area contributed by atoms with E-state index in [9.17, 15) is 4.39 Å². The van der Waals surface area contributed by atoms with Gasteiger partial charge in [0.1, 0.15) is 11.6 Å². The van der Waals surface area contributed by atoms with E-state index in [0.717, 1.165) is 36.5 Å². The monoisotopic (exact) mass is 276 g/mol. The molecule has 0 saturated heterocycles. The molecule has 2 rings (SSSR count). The molecule has 3 nitrogen and oxygen atoms in total. The minimum Gasteiger partial charge on any atom is -0.467 e. The van der Waals surface area contributed by atoms with Crippen molar-refractivity contribution in [2.45, 2.75) is 26.4 Å². The third-order valence-corrected chi connectivity index (χ3v) is 3.21. The summed E-state index contributed by atoms with van der Waals surface area (Å²) >= 11 is 0. The fourth-order valence-electron chi connectivity index (χ4n) is 2.08. The second kappa shape index (κ2) is 7.10. The summed E-state index contributed by atoms with van der Waals surface area (Å²) in [6, 6.07) is 8.56. The largest absolute Gasteiger partial charge is 0.467 e. The van der Waals surface area contributed by atoms with Gasteiger partial charge in [-0.25, -0.2) is 4.39 Å². The maximum absolute atomic E-state index is 13.2. The van der Waals surface area contributed by atoms with Crippen LogP contribution in [0.2, 0.25) is 0 Å². The quantitative estimate of drug-likeness (QED) is 0.784. The summed E-state index contributed by atoms with van der Waals surface area (Å²) in [5, 5.41) is 3.36. The first-order valence-corrected chi connectivity index (χ1v) is 6.93. The van der Waals surface area contributed by atoms with Crippen molar-refractivity contribution in [3.8, 4) is 0 Å². The Morgan fingerprint density at radius 2 is 2.15 bits per heavy atom. The molecule has 0 aliphatic heterocycles. The molecule has 0 amide bonds. The Labute approximate surface area is 119 Å². The highest BCUT2D eigenvalue weighted by atomic mass is 19.1. The van der Waals surface area contributed by atoms with Crippen molar-refractivity contribution >= 4 is 5.69 Å². The fraction of sp³-hybridized carbons (Fsp3) is 0.375. The summed E-state index contributed by atoms with van der Waals surface area (Å²) in [7, 11) is 1.93. The Kier molecular flexibility index (Phi) is 5.18. The predicted molar refractivity (Wildman–Crippen MR) is 79.2 cm³/mol. The van der Waals surface area contributed by atoms with Crippen LogP contribution in [0.1, 0.15) is 24.7 Å². The first-order valence-electron chi connectivity index (χ1n) is 6.93. The smallest absolute Gasteiger partial charge is 0.127 e. The van der Waals surface area contributed by atoms with E-state index in [0.29, 0.717) is 6.54 Å². The lowest BCUT2D eigenvalue weighted by molar-refractivity contribution is 0.499. The fourth-order valence-corrected chi connectivity index (χ4v) is 2.08. The first-order chi connectivity index (χ1) is 9.70. The molecule has 0 bridgehead atoms. The average Bonchev–Trinajstić information content (AvgIpc) is 2.86. The summed E-state index contributed by atoms with van der Waals surface area (Å²) in [6.07, 6.45) is 2.81. The van der Waals surface area contributed by atoms with Gasteiger partial charge in [-0.3, -0.25) is 0 Å². The van der Waals surface area contributed by atoms with Crippen molar-refractivity contribution in [2.75, 3.05) is 18.5 Å². The maximum Gasteiger partial charge on any atom is 0.127 e. The lowest BCUT2D eigenvalue weighted by Crippen LogP contribution is -2.19. The number of hydrogen-bond acceptors (Lipinski definition) is 3. The van der Waals surface area contributed by atoms with Gasteiger partial charge in [-0.2, -0.15) is 0 Å². The number of nitrogens with one attached hydrogen (secondary N) is 1. The molecule has 4 heteroatoms. The molecule has 2 aromatic rings. The average molecular weight is 276 g/mol. The van der Waals surface area contributed by atoms with Crippen LogP contribution in [0.25, 0.3) is 0 Å². The van der Waals surface area contributed by atoms with Crippen LogP contribution < -0.4 is 10.2 Å². The van der Waals surface area contributed by atoms with Crippen LogP contribution in [0, 0.1) is 5.82 Å². The lowest BCUT2D eigenvalue weighted by Gasteiger charge is -2.18. The van der Waals surface area contributed by atoms with E-state index in [1.54, 1.807) is 12.3 Å². The number of anilines is 1. The zero-order chi connectivity index (χ0) is 14.4. The second-order valence-corrected chi connectivity index (χ2v) is 4.88. The molecular formula is C16H21FN2O. The van der Waals surface area contributed by atoms with Crippen LogP contribution in [0.15, 0.2) is 41.0 Å². The van der Waals surface area contributed by atoms with Gasteiger partial charge in [0.15, 0.2) is 0 Å². The van der Waals surface area contributed by atoms with Gasteiger partial charge in [-0.15, -0.1) is 0 Å². The van der Waals surface area contributed by atoms with Gasteiger partial charge in [0.25, 0.3) is 0 Å². The Bertz CT molecular complexity index is 539. The third-order valence-electron chi connectivity index (χ3n) is 3.21. The van der Waals surface area contributed by atoms with E-state index >= 15 is 0 Å². The van der Waals surface area contributed by atoms with Crippen LogP contribution in [-0.2, 0) is 13.1 Å². The number of hydrogen-bond donors (Lipinski definition) is 1. The molecule has 1 aromatic carbocycles. The van der Waals surface area contributed by atoms with Gasteiger partial charge < -0.3 is 14.6 Å². The number of rotatable bonds is 7. The van der Waals surface area contributed by atoms with E-state index in [2.05, 4.69) is 12.2 Å². The second-order valence-electron chi connectivity index (χ2n) is 4.88. The topological polar surface area (TPSA) is 28.4 Å². The summed E-state index contributed by atoms with van der Waals surface area (Å²) in [5.41, 5.74) is 2.00. The Hall–Kier alpha value is -1.81. The predicted octanol–water partition coefficient (Wildman–Crippen LogP) is 3.55. The van der Waals surface area contributed by atoms with Crippen LogP contribution in [0.4, 0.5) is 10.1 Å². The van der Waals surface area contributed by atoms with Crippen molar-refractivity contribution in [1.29, 1.82) is 0 Å². The molecule has 0 radical (unpaired) electrons. The zero-order valence-corrected chi connectivity index (χ0v) is 12.0. The van der Waals surface area contributed by atoms with E-state index in [1.807, 2.05) is 24.1 Å². The highest BCUT2D eigenvalue weighted by Crippen LogP contribution is 2.19. The summed E-state index contributed by atoms with van der Waals surface area (Å²) in [4.78, 5) is 1.98. The van der Waals surface area contributed by atoms with Crippen molar-refractivity contribution in [3.63, 3.8) is 0 Å². The molecule has 0 saturated carbocycles. The lowest BCUT2D eigenvalue weighted by atomic mass is 10.2. The van der Waals surface area contributed by atoms with Crippen LogP contribution in [-0.4, -0.2) is 13.6 Å². The molecular weight excluding hydrogens is 255 g/mol. The van der Waals surface area contributed by atoms with Crippen molar-refractivity contribution in [2.24, 2.45) is 0 Å². The molecule has 0 atom stereocenters. The molecule has 0 fully saturated rings. The molecule has 1 aromatic heterocycles. The number of halogens is 1. The number of benzene rings is 1. The minimum atomic E-state index is -0.223. The van der Waals surface area contributed by atoms with Crippen LogP contribution >= 0.6 is 0 Å². The van der Waals surface area contributed by atoms with Crippen molar-refractivity contribution < 1.29 is 8.81 Å². The zero-order valence-electron chi connectivity index (χ0n) is 12.0. The van der Waals surface area contributed by atoms with E-state index in [4.69, 9.17) is 4.42 Å². The molecule has 0 aliphatic rings. The van der Waals surface area contributed by atoms with Gasteiger partial charge in [0.2, 0.25) is 0 Å². The highest BCUT2D eigenvalue weighted by molar-refractivity contribution is 5.46. The summed E-state index contributed by atoms with van der Waals surface area (Å²) < 4.78 is 18.8. The molecule has 20 heavy (non-hydrogen) atoms.